The fraction of sp³-hybridized carbons (Fsp3) is 0.667. The lowest BCUT2D eigenvalue weighted by Crippen LogP contribution is -2.44. The summed E-state index contributed by atoms with van der Waals surface area (Å²) in [6.45, 7) is 7.23. The minimum atomic E-state index is -3.37. The molecule has 30 heavy (non-hydrogen) atoms. The van der Waals surface area contributed by atoms with Crippen LogP contribution >= 0.6 is 24.0 Å². The van der Waals surface area contributed by atoms with Gasteiger partial charge in [-0.15, -0.1) is 24.0 Å². The van der Waals surface area contributed by atoms with E-state index in [1.807, 2.05) is 12.1 Å². The molecule has 2 fully saturated rings. The zero-order chi connectivity index (χ0) is 20.7. The monoisotopic (exact) mass is 549 g/mol. The predicted molar refractivity (Wildman–Crippen MR) is 133 cm³/mol. The Bertz CT molecular complexity index is 779. The van der Waals surface area contributed by atoms with Gasteiger partial charge in [0, 0.05) is 39.3 Å². The first kappa shape index (κ1) is 25.4. The molecular weight excluding hydrogens is 513 g/mol. The average Bonchev–Trinajstić information content (AvgIpc) is 3.22. The maximum atomic E-state index is 12.8. The SMILES string of the molecule is CCN1CCCC1CNC(=NC)NCc1ccc(S(=O)(=O)N2CCCCC2)cc1.I. The summed E-state index contributed by atoms with van der Waals surface area (Å²) >= 11 is 0. The summed E-state index contributed by atoms with van der Waals surface area (Å²) in [5.74, 6) is 0.776. The highest BCUT2D eigenvalue weighted by atomic mass is 127. The van der Waals surface area contributed by atoms with Gasteiger partial charge >= 0.3 is 0 Å². The van der Waals surface area contributed by atoms with Crippen molar-refractivity contribution in [3.63, 3.8) is 0 Å². The van der Waals surface area contributed by atoms with E-state index >= 15 is 0 Å². The second-order valence-corrected chi connectivity index (χ2v) is 9.78. The molecule has 7 nitrogen and oxygen atoms in total. The van der Waals surface area contributed by atoms with Crippen LogP contribution in [0.2, 0.25) is 0 Å². The van der Waals surface area contributed by atoms with Gasteiger partial charge in [0.25, 0.3) is 0 Å². The Hall–Kier alpha value is -0.910. The Labute approximate surface area is 198 Å². The van der Waals surface area contributed by atoms with E-state index in [1.165, 1.54) is 19.4 Å². The molecule has 0 aromatic heterocycles. The quantitative estimate of drug-likeness (QED) is 0.311. The maximum Gasteiger partial charge on any atom is 0.243 e. The second-order valence-electron chi connectivity index (χ2n) is 7.84. The number of piperidine rings is 1. The van der Waals surface area contributed by atoms with Crippen LogP contribution in [-0.4, -0.2) is 69.4 Å². The van der Waals surface area contributed by atoms with E-state index in [9.17, 15) is 8.42 Å². The Morgan fingerprint density at radius 2 is 1.77 bits per heavy atom. The molecule has 0 bridgehead atoms. The third-order valence-corrected chi connectivity index (χ3v) is 7.88. The molecule has 1 aromatic rings. The number of likely N-dealkylation sites (N-methyl/N-ethyl adjacent to an activating group) is 1. The summed E-state index contributed by atoms with van der Waals surface area (Å²) in [5.41, 5.74) is 1.03. The van der Waals surface area contributed by atoms with Crippen molar-refractivity contribution in [3.8, 4) is 0 Å². The predicted octanol–water partition coefficient (Wildman–Crippen LogP) is 2.63. The van der Waals surface area contributed by atoms with Crippen LogP contribution in [0.3, 0.4) is 0 Å². The molecule has 1 aromatic carbocycles. The third kappa shape index (κ3) is 6.54. The number of sulfonamides is 1. The number of likely N-dealkylation sites (tertiary alicyclic amines) is 1. The van der Waals surface area contributed by atoms with Gasteiger partial charge in [-0.25, -0.2) is 8.42 Å². The van der Waals surface area contributed by atoms with Gasteiger partial charge in [0.2, 0.25) is 10.0 Å². The van der Waals surface area contributed by atoms with Gasteiger partial charge in [0.1, 0.15) is 0 Å². The van der Waals surface area contributed by atoms with Crippen molar-refractivity contribution in [3.05, 3.63) is 29.8 Å². The van der Waals surface area contributed by atoms with E-state index in [2.05, 4.69) is 27.4 Å². The molecule has 2 aliphatic rings. The number of rotatable bonds is 7. The molecule has 0 aliphatic carbocycles. The van der Waals surface area contributed by atoms with Crippen LogP contribution in [0.5, 0.6) is 0 Å². The summed E-state index contributed by atoms with van der Waals surface area (Å²) in [5, 5.41) is 6.74. The van der Waals surface area contributed by atoms with Crippen molar-refractivity contribution in [1.29, 1.82) is 0 Å². The molecule has 1 atom stereocenters. The van der Waals surface area contributed by atoms with Crippen molar-refractivity contribution in [2.45, 2.75) is 56.5 Å². The zero-order valence-corrected chi connectivity index (χ0v) is 21.3. The molecule has 1 unspecified atom stereocenters. The fourth-order valence-electron chi connectivity index (χ4n) is 4.20. The standard InChI is InChI=1S/C21H35N5O2S.HI/c1-3-25-13-7-8-19(25)17-24-21(22-2)23-16-18-9-11-20(12-10-18)29(27,28)26-14-5-4-6-15-26;/h9-12,19H,3-8,13-17H2,1-2H3,(H2,22,23,24);1H. The van der Waals surface area contributed by atoms with E-state index in [0.29, 0.717) is 30.6 Å². The lowest BCUT2D eigenvalue weighted by molar-refractivity contribution is 0.267. The minimum Gasteiger partial charge on any atom is -0.355 e. The van der Waals surface area contributed by atoms with E-state index in [1.54, 1.807) is 23.5 Å². The highest BCUT2D eigenvalue weighted by molar-refractivity contribution is 14.0. The van der Waals surface area contributed by atoms with Crippen molar-refractivity contribution < 1.29 is 8.42 Å². The van der Waals surface area contributed by atoms with Crippen LogP contribution in [-0.2, 0) is 16.6 Å². The van der Waals surface area contributed by atoms with Crippen molar-refractivity contribution in [2.24, 2.45) is 4.99 Å². The lowest BCUT2D eigenvalue weighted by atomic mass is 10.2. The molecule has 0 amide bonds. The molecule has 0 radical (unpaired) electrons. The largest absolute Gasteiger partial charge is 0.355 e. The summed E-state index contributed by atoms with van der Waals surface area (Å²) < 4.78 is 27.1. The van der Waals surface area contributed by atoms with Gasteiger partial charge in [0.15, 0.2) is 5.96 Å². The molecular formula is C21H36IN5O2S. The van der Waals surface area contributed by atoms with Gasteiger partial charge in [-0.3, -0.25) is 9.89 Å². The Kier molecular flexibility index (Phi) is 10.3. The van der Waals surface area contributed by atoms with Crippen LogP contribution in [0, 0.1) is 0 Å². The fourth-order valence-corrected chi connectivity index (χ4v) is 5.71. The van der Waals surface area contributed by atoms with Gasteiger partial charge < -0.3 is 10.6 Å². The topological polar surface area (TPSA) is 77.0 Å². The molecule has 9 heteroatoms. The smallest absolute Gasteiger partial charge is 0.243 e. The van der Waals surface area contributed by atoms with Crippen LogP contribution in [0.15, 0.2) is 34.2 Å². The molecule has 0 saturated carbocycles. The summed E-state index contributed by atoms with van der Waals surface area (Å²) in [4.78, 5) is 7.19. The van der Waals surface area contributed by atoms with E-state index in [0.717, 1.165) is 43.9 Å². The highest BCUT2D eigenvalue weighted by Crippen LogP contribution is 2.21. The molecule has 2 heterocycles. The van der Waals surface area contributed by atoms with Gasteiger partial charge in [0.05, 0.1) is 4.90 Å². The van der Waals surface area contributed by atoms with Gasteiger partial charge in [-0.05, 0) is 56.5 Å². The van der Waals surface area contributed by atoms with Crippen LogP contribution in [0.25, 0.3) is 0 Å². The van der Waals surface area contributed by atoms with E-state index < -0.39 is 10.0 Å². The number of hydrogen-bond donors (Lipinski definition) is 2. The molecule has 170 valence electrons. The highest BCUT2D eigenvalue weighted by Gasteiger charge is 2.26. The Morgan fingerprint density at radius 3 is 2.40 bits per heavy atom. The zero-order valence-electron chi connectivity index (χ0n) is 18.1. The maximum absolute atomic E-state index is 12.8. The summed E-state index contributed by atoms with van der Waals surface area (Å²) in [6.07, 6.45) is 5.50. The number of hydrogen-bond acceptors (Lipinski definition) is 4. The van der Waals surface area contributed by atoms with Gasteiger partial charge in [-0.2, -0.15) is 4.31 Å². The van der Waals surface area contributed by atoms with Crippen LogP contribution in [0.1, 0.15) is 44.6 Å². The molecule has 2 saturated heterocycles. The van der Waals surface area contributed by atoms with Crippen molar-refractivity contribution in [1.82, 2.24) is 19.8 Å². The first-order chi connectivity index (χ1) is 14.0. The number of halogens is 1. The first-order valence-corrected chi connectivity index (χ1v) is 12.3. The Morgan fingerprint density at radius 1 is 1.07 bits per heavy atom. The average molecular weight is 550 g/mol. The molecule has 2 aliphatic heterocycles. The second kappa shape index (κ2) is 12.2. The number of nitrogens with one attached hydrogen (secondary N) is 2. The number of nitrogens with zero attached hydrogens (tertiary/aromatic N) is 3. The normalized spacial score (nSPS) is 21.3. The molecule has 3 rings (SSSR count). The summed E-state index contributed by atoms with van der Waals surface area (Å²) in [7, 11) is -1.59. The van der Waals surface area contributed by atoms with E-state index in [-0.39, 0.29) is 24.0 Å². The minimum absolute atomic E-state index is 0. The number of guanidine groups is 1. The third-order valence-electron chi connectivity index (χ3n) is 5.97. The van der Waals surface area contributed by atoms with E-state index in [4.69, 9.17) is 0 Å². The molecule has 2 N–H and O–H groups in total. The van der Waals surface area contributed by atoms with Crippen LogP contribution < -0.4 is 10.6 Å². The van der Waals surface area contributed by atoms with Crippen molar-refractivity contribution in [2.75, 3.05) is 39.8 Å². The lowest BCUT2D eigenvalue weighted by Gasteiger charge is -2.26. The number of aliphatic imine (C=N–C) groups is 1. The molecule has 0 spiro atoms. The Balaban J connectivity index is 0.00000320. The van der Waals surface area contributed by atoms with Crippen molar-refractivity contribution >= 4 is 40.0 Å². The first-order valence-electron chi connectivity index (χ1n) is 10.8. The van der Waals surface area contributed by atoms with Gasteiger partial charge in [-0.1, -0.05) is 25.5 Å². The summed E-state index contributed by atoms with van der Waals surface area (Å²) in [6, 6.07) is 7.77. The van der Waals surface area contributed by atoms with Crippen LogP contribution in [0.4, 0.5) is 0 Å². The number of benzene rings is 1.